The molecule has 0 fully saturated rings. The van der Waals surface area contributed by atoms with Crippen LogP contribution < -0.4 is 10.1 Å². The molecular weight excluding hydrogens is 466 g/mol. The minimum Gasteiger partial charge on any atom is -0.485 e. The molecule has 0 bridgehead atoms. The van der Waals surface area contributed by atoms with Crippen LogP contribution in [0.4, 0.5) is 0 Å². The van der Waals surface area contributed by atoms with E-state index in [2.05, 4.69) is 10.3 Å². The number of benzene rings is 1. The Morgan fingerprint density at radius 1 is 1.11 bits per heavy atom. The first kappa shape index (κ1) is 25.7. The minimum absolute atomic E-state index is 0. The summed E-state index contributed by atoms with van der Waals surface area (Å²) < 4.78 is 8.06. The molecule has 2 amide bonds. The minimum atomic E-state index is -0.198. The van der Waals surface area contributed by atoms with E-state index in [9.17, 15) is 9.59 Å². The predicted molar refractivity (Wildman–Crippen MR) is 137 cm³/mol. The van der Waals surface area contributed by atoms with E-state index in [4.69, 9.17) is 9.72 Å². The van der Waals surface area contributed by atoms with Crippen molar-refractivity contribution in [1.82, 2.24) is 24.6 Å². The third kappa shape index (κ3) is 5.44. The van der Waals surface area contributed by atoms with Crippen LogP contribution in [-0.4, -0.2) is 51.7 Å². The SMILES string of the molecule is CCNC(=O)c1ccc(-c2c(C)nc3c(OCc4cccc(C(=O)N(C)C)c4)cccn23)cn1.Cl. The summed E-state index contributed by atoms with van der Waals surface area (Å²) in [5.41, 5.74) is 5.12. The van der Waals surface area contributed by atoms with Crippen molar-refractivity contribution < 1.29 is 14.3 Å². The zero-order chi connectivity index (χ0) is 24.2. The van der Waals surface area contributed by atoms with Crippen LogP contribution in [0.15, 0.2) is 60.9 Å². The van der Waals surface area contributed by atoms with Gasteiger partial charge in [0, 0.05) is 44.2 Å². The summed E-state index contributed by atoms with van der Waals surface area (Å²) >= 11 is 0. The van der Waals surface area contributed by atoms with Crippen LogP contribution in [-0.2, 0) is 6.61 Å². The maximum atomic E-state index is 12.3. The molecule has 0 aliphatic carbocycles. The van der Waals surface area contributed by atoms with E-state index in [0.29, 0.717) is 35.8 Å². The number of aromatic nitrogens is 3. The molecule has 9 heteroatoms. The highest BCUT2D eigenvalue weighted by Gasteiger charge is 2.16. The summed E-state index contributed by atoms with van der Waals surface area (Å²) in [7, 11) is 3.46. The van der Waals surface area contributed by atoms with E-state index in [1.165, 1.54) is 0 Å². The summed E-state index contributed by atoms with van der Waals surface area (Å²) in [4.78, 5) is 34.9. The summed E-state index contributed by atoms with van der Waals surface area (Å²) in [6, 6.07) is 14.8. The summed E-state index contributed by atoms with van der Waals surface area (Å²) in [5, 5.41) is 2.75. The van der Waals surface area contributed by atoms with Crippen molar-refractivity contribution in [3.63, 3.8) is 0 Å². The standard InChI is InChI=1S/C26H27N5O3.ClH/c1-5-27-25(32)21-12-11-20(15-28-21)23-17(2)29-24-22(10-7-13-31(23)24)34-16-18-8-6-9-19(14-18)26(33)30(3)4;/h6-15H,5,16H2,1-4H3,(H,27,32);1H. The number of imidazole rings is 1. The Morgan fingerprint density at radius 3 is 2.60 bits per heavy atom. The second-order valence-corrected chi connectivity index (χ2v) is 8.09. The highest BCUT2D eigenvalue weighted by molar-refractivity contribution is 5.94. The van der Waals surface area contributed by atoms with Gasteiger partial charge in [-0.05, 0) is 55.8 Å². The van der Waals surface area contributed by atoms with Crippen molar-refractivity contribution in [2.45, 2.75) is 20.5 Å². The average Bonchev–Trinajstić information content (AvgIpc) is 3.19. The molecule has 0 unspecified atom stereocenters. The Kier molecular flexibility index (Phi) is 8.09. The number of rotatable bonds is 7. The van der Waals surface area contributed by atoms with E-state index < -0.39 is 0 Å². The first-order chi connectivity index (χ1) is 16.4. The predicted octanol–water partition coefficient (Wildman–Crippen LogP) is 4.16. The van der Waals surface area contributed by atoms with Gasteiger partial charge in [0.1, 0.15) is 12.3 Å². The molecule has 0 atom stereocenters. The van der Waals surface area contributed by atoms with Gasteiger partial charge in [-0.25, -0.2) is 4.98 Å². The fraction of sp³-hybridized carbons (Fsp3) is 0.231. The molecule has 0 aliphatic rings. The molecule has 1 aromatic carbocycles. The first-order valence-electron chi connectivity index (χ1n) is 11.0. The summed E-state index contributed by atoms with van der Waals surface area (Å²) in [6.07, 6.45) is 3.60. The third-order valence-corrected chi connectivity index (χ3v) is 5.37. The second kappa shape index (κ2) is 11.0. The summed E-state index contributed by atoms with van der Waals surface area (Å²) in [6.45, 7) is 4.65. The lowest BCUT2D eigenvalue weighted by Crippen LogP contribution is -2.23. The highest BCUT2D eigenvalue weighted by Crippen LogP contribution is 2.29. The fourth-order valence-electron chi connectivity index (χ4n) is 3.75. The molecule has 35 heavy (non-hydrogen) atoms. The summed E-state index contributed by atoms with van der Waals surface area (Å²) in [5.74, 6) is 0.383. The van der Waals surface area contributed by atoms with Crippen LogP contribution in [0.2, 0.25) is 0 Å². The molecule has 0 aliphatic heterocycles. The van der Waals surface area contributed by atoms with Gasteiger partial charge in [-0.2, -0.15) is 0 Å². The molecule has 3 heterocycles. The third-order valence-electron chi connectivity index (χ3n) is 5.37. The lowest BCUT2D eigenvalue weighted by Gasteiger charge is -2.12. The van der Waals surface area contributed by atoms with Gasteiger partial charge in [-0.3, -0.25) is 19.0 Å². The van der Waals surface area contributed by atoms with Crippen molar-refractivity contribution in [3.8, 4) is 17.0 Å². The second-order valence-electron chi connectivity index (χ2n) is 8.09. The zero-order valence-electron chi connectivity index (χ0n) is 20.1. The largest absolute Gasteiger partial charge is 0.485 e. The Labute approximate surface area is 210 Å². The number of hydrogen-bond acceptors (Lipinski definition) is 5. The molecule has 4 rings (SSSR count). The Balaban J connectivity index is 0.00000342. The average molecular weight is 494 g/mol. The molecule has 8 nitrogen and oxygen atoms in total. The topological polar surface area (TPSA) is 88.8 Å². The van der Waals surface area contributed by atoms with E-state index in [0.717, 1.165) is 22.5 Å². The van der Waals surface area contributed by atoms with Gasteiger partial charge in [0.05, 0.1) is 11.4 Å². The number of pyridine rings is 2. The van der Waals surface area contributed by atoms with Gasteiger partial charge in [0.2, 0.25) is 0 Å². The number of hydrogen-bond donors (Lipinski definition) is 1. The molecule has 4 aromatic rings. The van der Waals surface area contributed by atoms with Crippen molar-refractivity contribution in [2.24, 2.45) is 0 Å². The lowest BCUT2D eigenvalue weighted by atomic mass is 10.1. The van der Waals surface area contributed by atoms with Crippen LogP contribution in [0.25, 0.3) is 16.9 Å². The van der Waals surface area contributed by atoms with Gasteiger partial charge in [-0.15, -0.1) is 12.4 Å². The van der Waals surface area contributed by atoms with E-state index in [1.807, 2.05) is 60.8 Å². The van der Waals surface area contributed by atoms with Gasteiger partial charge < -0.3 is 15.0 Å². The first-order valence-corrected chi connectivity index (χ1v) is 11.0. The zero-order valence-corrected chi connectivity index (χ0v) is 20.9. The molecule has 0 spiro atoms. The van der Waals surface area contributed by atoms with E-state index in [1.54, 1.807) is 37.3 Å². The number of ether oxygens (including phenoxy) is 1. The normalized spacial score (nSPS) is 10.5. The number of amides is 2. The van der Waals surface area contributed by atoms with Crippen LogP contribution in [0, 0.1) is 6.92 Å². The molecule has 1 N–H and O–H groups in total. The van der Waals surface area contributed by atoms with Gasteiger partial charge >= 0.3 is 0 Å². The van der Waals surface area contributed by atoms with Crippen LogP contribution in [0.3, 0.4) is 0 Å². The Bertz CT molecular complexity index is 1350. The number of carbonyl (C=O) groups excluding carboxylic acids is 2. The number of carbonyl (C=O) groups is 2. The molecular formula is C26H28ClN5O3. The van der Waals surface area contributed by atoms with Gasteiger partial charge in [0.25, 0.3) is 11.8 Å². The van der Waals surface area contributed by atoms with Crippen LogP contribution in [0.1, 0.15) is 39.0 Å². The molecule has 3 aromatic heterocycles. The maximum Gasteiger partial charge on any atom is 0.269 e. The van der Waals surface area contributed by atoms with Crippen molar-refractivity contribution in [1.29, 1.82) is 0 Å². The van der Waals surface area contributed by atoms with Crippen molar-refractivity contribution in [2.75, 3.05) is 20.6 Å². The Hall–Kier alpha value is -3.91. The van der Waals surface area contributed by atoms with Crippen LogP contribution >= 0.6 is 12.4 Å². The number of fused-ring (bicyclic) bond motifs is 1. The Morgan fingerprint density at radius 2 is 1.91 bits per heavy atom. The molecule has 182 valence electrons. The number of nitrogens with one attached hydrogen (secondary N) is 1. The van der Waals surface area contributed by atoms with Gasteiger partial charge in [-0.1, -0.05) is 12.1 Å². The number of nitrogens with zero attached hydrogens (tertiary/aromatic N) is 4. The van der Waals surface area contributed by atoms with E-state index in [-0.39, 0.29) is 24.2 Å². The van der Waals surface area contributed by atoms with Crippen molar-refractivity contribution in [3.05, 3.63) is 83.4 Å². The fourth-order valence-corrected chi connectivity index (χ4v) is 3.75. The lowest BCUT2D eigenvalue weighted by molar-refractivity contribution is 0.0827. The quantitative estimate of drug-likeness (QED) is 0.417. The van der Waals surface area contributed by atoms with E-state index >= 15 is 0 Å². The maximum absolute atomic E-state index is 12.3. The van der Waals surface area contributed by atoms with Gasteiger partial charge in [0.15, 0.2) is 11.4 Å². The molecule has 0 radical (unpaired) electrons. The van der Waals surface area contributed by atoms with Crippen molar-refractivity contribution >= 4 is 29.9 Å². The smallest absolute Gasteiger partial charge is 0.269 e. The highest BCUT2D eigenvalue weighted by atomic mass is 35.5. The number of aryl methyl sites for hydroxylation is 1. The monoisotopic (exact) mass is 493 g/mol. The molecule has 0 saturated carbocycles. The molecule has 0 saturated heterocycles. The number of halogens is 1. The van der Waals surface area contributed by atoms with Crippen LogP contribution in [0.5, 0.6) is 5.75 Å².